The molecule has 1 aromatic heterocycles. The van der Waals surface area contributed by atoms with Crippen molar-refractivity contribution in [3.63, 3.8) is 0 Å². The van der Waals surface area contributed by atoms with E-state index < -0.39 is 150 Å². The lowest BCUT2D eigenvalue weighted by atomic mass is 9.12. The van der Waals surface area contributed by atoms with Crippen LogP contribution in [0.25, 0.3) is 0 Å². The minimum atomic E-state index is -7.22. The summed E-state index contributed by atoms with van der Waals surface area (Å²) in [5.74, 6) is -72.1. The van der Waals surface area contributed by atoms with Gasteiger partial charge in [0.2, 0.25) is 17.8 Å². The molecule has 0 aliphatic rings. The van der Waals surface area contributed by atoms with Gasteiger partial charge in [-0.15, -0.1) is 21.9 Å². The van der Waals surface area contributed by atoms with Crippen LogP contribution in [0.5, 0.6) is 0 Å². The van der Waals surface area contributed by atoms with Crippen LogP contribution in [0.15, 0.2) is 41.4 Å². The smallest absolute Gasteiger partial charge is 0.230 e. The molecule has 0 saturated carbocycles. The lowest BCUT2D eigenvalue weighted by molar-refractivity contribution is -0.678. The fraction of sp³-hybridized carbons (Fsp3) is 0.0286. The van der Waals surface area contributed by atoms with Crippen molar-refractivity contribution in [2.45, 2.75) is 6.54 Å². The summed E-state index contributed by atoms with van der Waals surface area (Å²) in [6, 6.07) is 6.04. The molecule has 1 heterocycles. The summed E-state index contributed by atoms with van der Waals surface area (Å²) in [6.45, 7) is 0.185. The maximum absolute atomic E-state index is 15.4. The van der Waals surface area contributed by atoms with E-state index in [0.29, 0.717) is 0 Å². The molecule has 0 amide bonds. The van der Waals surface area contributed by atoms with Crippen molar-refractivity contribution in [1.29, 1.82) is 0 Å². The number of ketones is 1. The first-order valence-corrected chi connectivity index (χ1v) is 16.3. The van der Waals surface area contributed by atoms with E-state index >= 15 is 35.1 Å². The number of carbonyl (C=O) groups is 1. The van der Waals surface area contributed by atoms with Crippen molar-refractivity contribution in [2.75, 3.05) is 0 Å². The fourth-order valence-corrected chi connectivity index (χ4v) is 6.76. The number of Topliss-reactive ketones (excluding diaryl/α,β-unsaturated/α-hetero) is 1. The zero-order valence-electron chi connectivity index (χ0n) is 28.0. The Bertz CT molecular complexity index is 2340. The monoisotopic (exact) mass is 901 g/mol. The van der Waals surface area contributed by atoms with Crippen LogP contribution in [0.3, 0.4) is 0 Å². The zero-order valence-corrected chi connectivity index (χ0v) is 28.8. The van der Waals surface area contributed by atoms with Crippen molar-refractivity contribution < 1.29 is 102 Å². The Morgan fingerprint density at radius 1 is 0.417 bits per heavy atom. The predicted octanol–water partition coefficient (Wildman–Crippen LogP) is 7.90. The van der Waals surface area contributed by atoms with Gasteiger partial charge in [0, 0.05) is 0 Å². The summed E-state index contributed by atoms with van der Waals surface area (Å²) in [5.41, 5.74) is -12.4. The molecule has 25 heteroatoms. The summed E-state index contributed by atoms with van der Waals surface area (Å²) >= 11 is 1.50. The van der Waals surface area contributed by atoms with E-state index in [4.69, 9.17) is 0 Å². The van der Waals surface area contributed by atoms with Gasteiger partial charge in [-0.25, -0.2) is 92.2 Å². The molecule has 0 bridgehead atoms. The minimum Gasteiger partial charge on any atom is -0.287 e. The highest BCUT2D eigenvalue weighted by Crippen LogP contribution is 2.30. The van der Waals surface area contributed by atoms with Gasteiger partial charge >= 0.3 is 0 Å². The Morgan fingerprint density at radius 3 is 0.933 bits per heavy atom. The van der Waals surface area contributed by atoms with Crippen LogP contribution >= 0.6 is 11.3 Å². The topological polar surface area (TPSA) is 20.9 Å². The molecule has 60 heavy (non-hydrogen) atoms. The molecule has 316 valence electrons. The van der Waals surface area contributed by atoms with E-state index in [9.17, 15) is 61.9 Å². The van der Waals surface area contributed by atoms with Crippen molar-refractivity contribution in [1.82, 2.24) is 0 Å². The Balaban J connectivity index is 0.000000379. The molecule has 6 rings (SSSR count). The van der Waals surface area contributed by atoms with Gasteiger partial charge in [-0.3, -0.25) is 4.79 Å². The Hall–Kier alpha value is -6.01. The summed E-state index contributed by atoms with van der Waals surface area (Å²) in [7, 11) is 0. The van der Waals surface area contributed by atoms with Gasteiger partial charge in [-0.05, 0) is 12.1 Å². The predicted molar refractivity (Wildman–Crippen MR) is 164 cm³/mol. The molecular formula is C35H9BF21NOS. The van der Waals surface area contributed by atoms with Crippen LogP contribution in [0.2, 0.25) is 0 Å². The SMILES string of the molecule is Fc1c(F)c(F)c([B-](c2c(F)c(F)c(F)c(F)c2F)(c2c(F)c(F)c(F)c(F)c2F)c2c(F)c(F)c(F)c(F)c2F)c(F)c1F.O=C(C[n+]1ccsc1)c1ccccc1F. The van der Waals surface area contributed by atoms with Crippen LogP contribution < -0.4 is 26.4 Å². The second-order valence-electron chi connectivity index (χ2n) is 11.9. The standard InChI is InChI=1S/C24BF20.C11H9FNOS/c26-5-1(6(27)14(35)21(42)13(5)34)25(2-7(28)15(36)22(43)16(37)8(2)29,3-9(30)17(38)23(44)18(39)10(3)31)4-11(32)19(40)24(45)20(41)12(4)33;12-10-4-2-1-3-9(10)11(14)7-13-5-6-15-8-13/h;1-6,8H,7H2/q-1;+1. The first-order chi connectivity index (χ1) is 28.0. The summed E-state index contributed by atoms with van der Waals surface area (Å²) in [6.07, 6.45) is -5.42. The molecule has 0 radical (unpaired) electrons. The van der Waals surface area contributed by atoms with E-state index in [-0.39, 0.29) is 17.9 Å². The summed E-state index contributed by atoms with van der Waals surface area (Å²) in [5, 5.41) is 1.87. The molecule has 5 aromatic carbocycles. The van der Waals surface area contributed by atoms with Crippen molar-refractivity contribution in [3.8, 4) is 0 Å². The number of carbonyl (C=O) groups excluding carboxylic acids is 1. The maximum atomic E-state index is 15.4. The first kappa shape index (κ1) is 45.1. The molecule has 6 aromatic rings. The Morgan fingerprint density at radius 2 is 0.683 bits per heavy atom. The van der Waals surface area contributed by atoms with Gasteiger partial charge in [-0.2, -0.15) is 4.57 Å². The van der Waals surface area contributed by atoms with Crippen LogP contribution in [0.1, 0.15) is 10.4 Å². The molecule has 0 fully saturated rings. The minimum absolute atomic E-state index is 0.149. The molecule has 0 N–H and O–H groups in total. The van der Waals surface area contributed by atoms with Crippen LogP contribution in [-0.4, -0.2) is 11.9 Å². The molecule has 0 aliphatic carbocycles. The van der Waals surface area contributed by atoms with Gasteiger partial charge in [0.05, 0.1) is 10.9 Å². The van der Waals surface area contributed by atoms with E-state index in [2.05, 4.69) is 0 Å². The number of benzene rings is 5. The second kappa shape index (κ2) is 16.6. The summed E-state index contributed by atoms with van der Waals surface area (Å²) < 4.78 is 309. The van der Waals surface area contributed by atoms with Crippen LogP contribution in [-0.2, 0) is 6.54 Å². The quantitative estimate of drug-likeness (QED) is 0.0399. The number of rotatable bonds is 7. The number of halogens is 21. The van der Waals surface area contributed by atoms with Gasteiger partial charge in [0.25, 0.3) is 0 Å². The highest BCUT2D eigenvalue weighted by Gasteiger charge is 2.52. The van der Waals surface area contributed by atoms with Crippen molar-refractivity contribution >= 4 is 45.1 Å². The number of nitrogens with zero attached hydrogens (tertiary/aromatic N) is 1. The van der Waals surface area contributed by atoms with E-state index in [1.165, 1.54) is 23.5 Å². The third-order valence-electron chi connectivity index (χ3n) is 8.73. The first-order valence-electron chi connectivity index (χ1n) is 15.4. The maximum Gasteiger partial charge on any atom is 0.230 e. The highest BCUT2D eigenvalue weighted by atomic mass is 32.1. The molecule has 0 unspecified atom stereocenters. The fourth-order valence-electron chi connectivity index (χ4n) is 6.16. The Labute approximate surface area is 322 Å². The largest absolute Gasteiger partial charge is 0.287 e. The highest BCUT2D eigenvalue weighted by molar-refractivity contribution is 7.20. The van der Waals surface area contributed by atoms with Gasteiger partial charge in [-0.1, -0.05) is 23.5 Å². The van der Waals surface area contributed by atoms with Gasteiger partial charge in [0.1, 0.15) is 58.5 Å². The number of hydrogen-bond donors (Lipinski definition) is 0. The van der Waals surface area contributed by atoms with E-state index in [0.717, 1.165) is 0 Å². The van der Waals surface area contributed by atoms with Crippen LogP contribution in [0, 0.1) is 122 Å². The van der Waals surface area contributed by atoms with Crippen molar-refractivity contribution in [2.24, 2.45) is 0 Å². The molecule has 0 saturated heterocycles. The average Bonchev–Trinajstić information content (AvgIpc) is 3.74. The Kier molecular flexibility index (Phi) is 12.4. The lowest BCUT2D eigenvalue weighted by Gasteiger charge is -2.44. The zero-order chi connectivity index (χ0) is 45.0. The van der Waals surface area contributed by atoms with E-state index in [1.807, 2.05) is 10.9 Å². The molecule has 0 spiro atoms. The average molecular weight is 901 g/mol. The lowest BCUT2D eigenvalue weighted by Crippen LogP contribution is -2.81. The van der Waals surface area contributed by atoms with Crippen LogP contribution in [0.4, 0.5) is 92.2 Å². The molecule has 0 aliphatic heterocycles. The van der Waals surface area contributed by atoms with Crippen molar-refractivity contribution in [3.05, 3.63) is 169 Å². The third kappa shape index (κ3) is 6.90. The summed E-state index contributed by atoms with van der Waals surface area (Å²) in [4.78, 5) is 11.7. The second-order valence-corrected chi connectivity index (χ2v) is 12.7. The van der Waals surface area contributed by atoms with Gasteiger partial charge in [0.15, 0.2) is 76.0 Å². The molecular weight excluding hydrogens is 892 g/mol. The number of aromatic nitrogens is 1. The van der Waals surface area contributed by atoms with E-state index in [1.54, 1.807) is 22.9 Å². The number of thiazole rings is 1. The molecule has 2 nitrogen and oxygen atoms in total. The van der Waals surface area contributed by atoms with Gasteiger partial charge < -0.3 is 0 Å². The molecule has 0 atom stereocenters. The normalized spacial score (nSPS) is 11.6. The number of hydrogen-bond acceptors (Lipinski definition) is 2. The third-order valence-corrected chi connectivity index (χ3v) is 9.41.